The van der Waals surface area contributed by atoms with Gasteiger partial charge in [0.25, 0.3) is 5.91 Å². The number of aromatic nitrogens is 2. The van der Waals surface area contributed by atoms with Crippen LogP contribution in [0, 0.1) is 12.8 Å². The molecule has 1 aromatic heterocycles. The van der Waals surface area contributed by atoms with Gasteiger partial charge in [-0.25, -0.2) is 4.98 Å². The van der Waals surface area contributed by atoms with Crippen molar-refractivity contribution >= 4 is 17.5 Å². The van der Waals surface area contributed by atoms with E-state index >= 15 is 0 Å². The average Bonchev–Trinajstić information content (AvgIpc) is 3.15. The molecule has 2 saturated carbocycles. The van der Waals surface area contributed by atoms with Crippen LogP contribution in [0.1, 0.15) is 71.4 Å². The summed E-state index contributed by atoms with van der Waals surface area (Å²) in [5, 5.41) is 3.02. The number of anilines is 1. The van der Waals surface area contributed by atoms with Crippen molar-refractivity contribution in [2.45, 2.75) is 57.9 Å². The number of hydrogen-bond donors (Lipinski definition) is 2. The van der Waals surface area contributed by atoms with Gasteiger partial charge in [0.05, 0.1) is 5.69 Å². The van der Waals surface area contributed by atoms with Gasteiger partial charge in [0.1, 0.15) is 12.1 Å². The van der Waals surface area contributed by atoms with E-state index in [1.54, 1.807) is 10.9 Å². The lowest BCUT2D eigenvalue weighted by molar-refractivity contribution is 0.0932. The number of nitrogens with zero attached hydrogens (tertiary/aromatic N) is 2. The molecule has 0 atom stereocenters. The molecule has 6 nitrogen and oxygen atoms in total. The summed E-state index contributed by atoms with van der Waals surface area (Å²) in [5.74, 6) is 0.792. The minimum atomic E-state index is -0.225. The second-order valence-electron chi connectivity index (χ2n) is 7.88. The Morgan fingerprint density at radius 3 is 2.67 bits per heavy atom. The number of benzene rings is 1. The predicted molar refractivity (Wildman–Crippen MR) is 104 cm³/mol. The zero-order valence-corrected chi connectivity index (χ0v) is 15.7. The maximum Gasteiger partial charge on any atom is 0.273 e. The quantitative estimate of drug-likeness (QED) is 0.767. The van der Waals surface area contributed by atoms with Gasteiger partial charge in [0.2, 0.25) is 0 Å². The monoisotopic (exact) mass is 366 g/mol. The normalized spacial score (nSPS) is 17.2. The summed E-state index contributed by atoms with van der Waals surface area (Å²) < 4.78 is 1.70. The van der Waals surface area contributed by atoms with Crippen LogP contribution >= 0.6 is 0 Å². The Bertz CT molecular complexity index is 876. The maximum absolute atomic E-state index is 12.5. The SMILES string of the molecule is Cc1ccc(C(=O)CC2CC2)cc1-n1cnc(C(=O)NC2CCCC2)c1N. The smallest absolute Gasteiger partial charge is 0.273 e. The third-order valence-electron chi connectivity index (χ3n) is 5.67. The van der Waals surface area contributed by atoms with Gasteiger partial charge >= 0.3 is 0 Å². The molecule has 2 fully saturated rings. The Hall–Kier alpha value is -2.63. The molecule has 0 bridgehead atoms. The number of hydrogen-bond acceptors (Lipinski definition) is 4. The van der Waals surface area contributed by atoms with Gasteiger partial charge in [0, 0.05) is 18.0 Å². The molecule has 1 heterocycles. The second kappa shape index (κ2) is 7.18. The number of rotatable bonds is 6. The number of Topliss-reactive ketones (excluding diaryl/α,β-unsaturated/α-hetero) is 1. The topological polar surface area (TPSA) is 90.0 Å². The third kappa shape index (κ3) is 3.75. The molecule has 2 aliphatic carbocycles. The highest BCUT2D eigenvalue weighted by Gasteiger charge is 2.26. The predicted octanol–water partition coefficient (Wildman–Crippen LogP) is 3.42. The fourth-order valence-electron chi connectivity index (χ4n) is 3.79. The number of nitrogen functional groups attached to an aromatic ring is 1. The lowest BCUT2D eigenvalue weighted by atomic mass is 10.0. The van der Waals surface area contributed by atoms with E-state index in [2.05, 4.69) is 10.3 Å². The fourth-order valence-corrected chi connectivity index (χ4v) is 3.79. The summed E-state index contributed by atoms with van der Waals surface area (Å²) in [6.07, 6.45) is 8.79. The van der Waals surface area contributed by atoms with Crippen molar-refractivity contribution in [3.63, 3.8) is 0 Å². The van der Waals surface area contributed by atoms with E-state index in [0.29, 0.717) is 23.7 Å². The molecule has 0 saturated heterocycles. The lowest BCUT2D eigenvalue weighted by Gasteiger charge is -2.13. The number of carbonyl (C=O) groups excluding carboxylic acids is 2. The van der Waals surface area contributed by atoms with Crippen LogP contribution in [0.25, 0.3) is 5.69 Å². The van der Waals surface area contributed by atoms with Crippen LogP contribution < -0.4 is 11.1 Å². The van der Waals surface area contributed by atoms with Gasteiger partial charge in [0.15, 0.2) is 11.5 Å². The van der Waals surface area contributed by atoms with E-state index in [-0.39, 0.29) is 23.4 Å². The summed E-state index contributed by atoms with van der Waals surface area (Å²) in [5.41, 5.74) is 8.95. The number of imidazole rings is 1. The van der Waals surface area contributed by atoms with E-state index in [4.69, 9.17) is 5.73 Å². The molecule has 3 N–H and O–H groups in total. The molecule has 27 heavy (non-hydrogen) atoms. The lowest BCUT2D eigenvalue weighted by Crippen LogP contribution is -2.33. The van der Waals surface area contributed by atoms with Crippen molar-refractivity contribution < 1.29 is 9.59 Å². The molecule has 1 amide bonds. The van der Waals surface area contributed by atoms with Crippen LogP contribution in [0.3, 0.4) is 0 Å². The van der Waals surface area contributed by atoms with E-state index in [1.807, 2.05) is 25.1 Å². The van der Waals surface area contributed by atoms with Crippen molar-refractivity contribution in [1.82, 2.24) is 14.9 Å². The number of carbonyl (C=O) groups is 2. The minimum absolute atomic E-state index is 0.164. The molecule has 2 aliphatic rings. The minimum Gasteiger partial charge on any atom is -0.383 e. The Kier molecular flexibility index (Phi) is 4.72. The van der Waals surface area contributed by atoms with Gasteiger partial charge in [-0.2, -0.15) is 0 Å². The number of aryl methyl sites for hydroxylation is 1. The van der Waals surface area contributed by atoms with E-state index < -0.39 is 0 Å². The molecular formula is C21H26N4O2. The van der Waals surface area contributed by atoms with E-state index in [9.17, 15) is 9.59 Å². The summed E-state index contributed by atoms with van der Waals surface area (Å²) >= 11 is 0. The average molecular weight is 366 g/mol. The van der Waals surface area contributed by atoms with Gasteiger partial charge in [-0.15, -0.1) is 0 Å². The standard InChI is InChI=1S/C21H26N4O2/c1-13-6-9-15(18(26)10-14-7-8-14)11-17(13)25-12-23-19(20(25)22)21(27)24-16-4-2-3-5-16/h6,9,11-12,14,16H,2-5,7-8,10,22H2,1H3,(H,24,27). The van der Waals surface area contributed by atoms with E-state index in [1.165, 1.54) is 0 Å². The largest absolute Gasteiger partial charge is 0.383 e. The third-order valence-corrected chi connectivity index (χ3v) is 5.67. The van der Waals surface area contributed by atoms with Crippen LogP contribution in [0.5, 0.6) is 0 Å². The van der Waals surface area contributed by atoms with E-state index in [0.717, 1.165) is 49.8 Å². The summed E-state index contributed by atoms with van der Waals surface area (Å²) in [7, 11) is 0. The Morgan fingerprint density at radius 2 is 1.96 bits per heavy atom. The molecular weight excluding hydrogens is 340 g/mol. The van der Waals surface area contributed by atoms with Crippen LogP contribution in [-0.2, 0) is 0 Å². The maximum atomic E-state index is 12.5. The van der Waals surface area contributed by atoms with Crippen LogP contribution in [0.2, 0.25) is 0 Å². The first kappa shape index (κ1) is 17.8. The molecule has 4 rings (SSSR count). The highest BCUT2D eigenvalue weighted by atomic mass is 16.2. The van der Waals surface area contributed by atoms with Gasteiger partial charge < -0.3 is 11.1 Å². The molecule has 0 radical (unpaired) electrons. The first-order valence-corrected chi connectivity index (χ1v) is 9.81. The fraction of sp³-hybridized carbons (Fsp3) is 0.476. The first-order valence-electron chi connectivity index (χ1n) is 9.81. The number of ketones is 1. The van der Waals surface area contributed by atoms with Gasteiger partial charge in [-0.05, 0) is 50.2 Å². The highest BCUT2D eigenvalue weighted by Crippen LogP contribution is 2.34. The highest BCUT2D eigenvalue weighted by molar-refractivity contribution is 5.98. The molecule has 142 valence electrons. The molecule has 1 aromatic carbocycles. The van der Waals surface area contributed by atoms with Crippen molar-refractivity contribution in [3.8, 4) is 5.69 Å². The Labute approximate surface area is 159 Å². The second-order valence-corrected chi connectivity index (χ2v) is 7.88. The van der Waals surface area contributed by atoms with Crippen molar-refractivity contribution in [2.75, 3.05) is 5.73 Å². The summed E-state index contributed by atoms with van der Waals surface area (Å²) in [6.45, 7) is 1.96. The number of amides is 1. The first-order chi connectivity index (χ1) is 13.0. The zero-order valence-electron chi connectivity index (χ0n) is 15.7. The Morgan fingerprint density at radius 1 is 1.22 bits per heavy atom. The van der Waals surface area contributed by atoms with Crippen molar-refractivity contribution in [2.24, 2.45) is 5.92 Å². The van der Waals surface area contributed by atoms with Crippen molar-refractivity contribution in [1.29, 1.82) is 0 Å². The Balaban J connectivity index is 1.58. The van der Waals surface area contributed by atoms with Crippen molar-refractivity contribution in [3.05, 3.63) is 41.3 Å². The zero-order chi connectivity index (χ0) is 19.0. The summed E-state index contributed by atoms with van der Waals surface area (Å²) in [6, 6.07) is 5.86. The van der Waals surface area contributed by atoms with Crippen LogP contribution in [-0.4, -0.2) is 27.3 Å². The van der Waals surface area contributed by atoms with Gasteiger partial charge in [-0.1, -0.05) is 25.0 Å². The molecule has 2 aromatic rings. The molecule has 0 spiro atoms. The molecule has 0 aliphatic heterocycles. The van der Waals surface area contributed by atoms with Crippen LogP contribution in [0.4, 0.5) is 5.82 Å². The molecule has 6 heteroatoms. The van der Waals surface area contributed by atoms with Gasteiger partial charge in [-0.3, -0.25) is 14.2 Å². The number of nitrogens with two attached hydrogens (primary N) is 1. The summed E-state index contributed by atoms with van der Waals surface area (Å²) in [4.78, 5) is 29.2. The molecule has 0 unspecified atom stereocenters. The number of nitrogens with one attached hydrogen (secondary N) is 1. The van der Waals surface area contributed by atoms with Crippen LogP contribution in [0.15, 0.2) is 24.5 Å².